The van der Waals surface area contributed by atoms with Crippen molar-refractivity contribution in [2.45, 2.75) is 50.5 Å². The van der Waals surface area contributed by atoms with Gasteiger partial charge in [-0.05, 0) is 52.4 Å². The van der Waals surface area contributed by atoms with Crippen LogP contribution in [-0.4, -0.2) is 37.6 Å². The Morgan fingerprint density at radius 1 is 1.20 bits per heavy atom. The van der Waals surface area contributed by atoms with Gasteiger partial charge in [0.2, 0.25) is 0 Å². The first kappa shape index (κ1) is 11.4. The number of hydrogen-bond acceptors (Lipinski definition) is 2. The van der Waals surface area contributed by atoms with E-state index in [1.54, 1.807) is 0 Å². The Kier molecular flexibility index (Phi) is 3.68. The lowest BCUT2D eigenvalue weighted by atomic mass is 9.79. The topological polar surface area (TPSA) is 15.3 Å². The average molecular weight is 210 g/mol. The maximum atomic E-state index is 3.64. The molecule has 1 saturated carbocycles. The zero-order valence-corrected chi connectivity index (χ0v) is 10.4. The summed E-state index contributed by atoms with van der Waals surface area (Å²) in [5, 5.41) is 3.64. The Hall–Kier alpha value is -0.0800. The molecule has 0 aromatic heterocycles. The van der Waals surface area contributed by atoms with Crippen LogP contribution >= 0.6 is 0 Å². The zero-order chi connectivity index (χ0) is 10.7. The number of piperidine rings is 1. The molecule has 0 bridgehead atoms. The second-order valence-electron chi connectivity index (χ2n) is 5.69. The van der Waals surface area contributed by atoms with E-state index in [-0.39, 0.29) is 0 Å². The van der Waals surface area contributed by atoms with Crippen LogP contribution in [0.4, 0.5) is 0 Å². The van der Waals surface area contributed by atoms with E-state index in [4.69, 9.17) is 0 Å². The molecule has 0 aromatic rings. The van der Waals surface area contributed by atoms with Crippen LogP contribution in [0.25, 0.3) is 0 Å². The van der Waals surface area contributed by atoms with Crippen LogP contribution in [-0.2, 0) is 0 Å². The van der Waals surface area contributed by atoms with Gasteiger partial charge in [0.05, 0.1) is 0 Å². The molecule has 2 aliphatic rings. The maximum Gasteiger partial charge on any atom is 0.0205 e. The quantitative estimate of drug-likeness (QED) is 0.768. The number of rotatable bonds is 3. The molecule has 0 amide bonds. The third-order valence-corrected chi connectivity index (χ3v) is 4.63. The molecule has 1 heterocycles. The van der Waals surface area contributed by atoms with Crippen molar-refractivity contribution >= 4 is 0 Å². The van der Waals surface area contributed by atoms with Crippen molar-refractivity contribution in [3.63, 3.8) is 0 Å². The minimum absolute atomic E-state index is 0.474. The minimum atomic E-state index is 0.474. The van der Waals surface area contributed by atoms with Gasteiger partial charge in [0.1, 0.15) is 0 Å². The van der Waals surface area contributed by atoms with Gasteiger partial charge in [0.25, 0.3) is 0 Å². The summed E-state index contributed by atoms with van der Waals surface area (Å²) >= 11 is 0. The van der Waals surface area contributed by atoms with Crippen molar-refractivity contribution in [1.29, 1.82) is 0 Å². The molecule has 2 heteroatoms. The van der Waals surface area contributed by atoms with Crippen LogP contribution in [0.1, 0.15) is 44.9 Å². The summed E-state index contributed by atoms with van der Waals surface area (Å²) in [6.45, 7) is 2.54. The van der Waals surface area contributed by atoms with E-state index in [2.05, 4.69) is 24.3 Å². The number of nitrogens with one attached hydrogen (secondary N) is 1. The van der Waals surface area contributed by atoms with Gasteiger partial charge in [-0.25, -0.2) is 0 Å². The molecule has 1 aliphatic heterocycles. The van der Waals surface area contributed by atoms with Crippen molar-refractivity contribution in [3.8, 4) is 0 Å². The summed E-state index contributed by atoms with van der Waals surface area (Å²) in [4.78, 5) is 2.46. The third-order valence-electron chi connectivity index (χ3n) is 4.63. The highest BCUT2D eigenvalue weighted by Gasteiger charge is 2.34. The van der Waals surface area contributed by atoms with Crippen LogP contribution in [0.15, 0.2) is 0 Å². The van der Waals surface area contributed by atoms with Crippen molar-refractivity contribution in [2.24, 2.45) is 5.92 Å². The van der Waals surface area contributed by atoms with E-state index in [1.807, 2.05) is 0 Å². The summed E-state index contributed by atoms with van der Waals surface area (Å²) < 4.78 is 0. The molecule has 0 atom stereocenters. The second-order valence-corrected chi connectivity index (χ2v) is 5.69. The predicted octanol–water partition coefficient (Wildman–Crippen LogP) is 2.25. The molecule has 0 spiro atoms. The van der Waals surface area contributed by atoms with Gasteiger partial charge in [0, 0.05) is 5.54 Å². The molecule has 0 aromatic carbocycles. The summed E-state index contributed by atoms with van der Waals surface area (Å²) in [7, 11) is 4.41. The summed E-state index contributed by atoms with van der Waals surface area (Å²) in [6.07, 6.45) is 10.0. The normalized spacial score (nSPS) is 28.4. The highest BCUT2D eigenvalue weighted by molar-refractivity contribution is 4.94. The molecule has 2 rings (SSSR count). The summed E-state index contributed by atoms with van der Waals surface area (Å²) in [5.41, 5.74) is 0.474. The largest absolute Gasteiger partial charge is 0.314 e. The lowest BCUT2D eigenvalue weighted by Crippen LogP contribution is -2.52. The Labute approximate surface area is 94.4 Å². The van der Waals surface area contributed by atoms with Crippen molar-refractivity contribution in [3.05, 3.63) is 0 Å². The van der Waals surface area contributed by atoms with Gasteiger partial charge < -0.3 is 10.2 Å². The minimum Gasteiger partial charge on any atom is -0.314 e. The van der Waals surface area contributed by atoms with Crippen LogP contribution in [0.2, 0.25) is 0 Å². The molecule has 15 heavy (non-hydrogen) atoms. The van der Waals surface area contributed by atoms with Crippen molar-refractivity contribution < 1.29 is 0 Å². The molecular weight excluding hydrogens is 184 g/mol. The van der Waals surface area contributed by atoms with Crippen molar-refractivity contribution in [2.75, 3.05) is 27.2 Å². The standard InChI is InChI=1S/C13H26N2/c1-14-13(7-9-15(2)10-8-13)11-12-5-3-4-6-12/h12,14H,3-11H2,1-2H3. The fraction of sp³-hybridized carbons (Fsp3) is 1.00. The zero-order valence-electron chi connectivity index (χ0n) is 10.4. The van der Waals surface area contributed by atoms with Crippen LogP contribution in [0, 0.1) is 5.92 Å². The van der Waals surface area contributed by atoms with Crippen LogP contribution in [0.3, 0.4) is 0 Å². The van der Waals surface area contributed by atoms with Crippen molar-refractivity contribution in [1.82, 2.24) is 10.2 Å². The first-order valence-corrected chi connectivity index (χ1v) is 6.62. The fourth-order valence-corrected chi connectivity index (χ4v) is 3.37. The van der Waals surface area contributed by atoms with Crippen LogP contribution < -0.4 is 5.32 Å². The molecule has 0 unspecified atom stereocenters. The van der Waals surface area contributed by atoms with Gasteiger partial charge in [-0.2, -0.15) is 0 Å². The Morgan fingerprint density at radius 3 is 2.33 bits per heavy atom. The lowest BCUT2D eigenvalue weighted by molar-refractivity contribution is 0.138. The van der Waals surface area contributed by atoms with E-state index < -0.39 is 0 Å². The third kappa shape index (κ3) is 2.73. The first-order chi connectivity index (χ1) is 7.24. The van der Waals surface area contributed by atoms with Gasteiger partial charge >= 0.3 is 0 Å². The summed E-state index contributed by atoms with van der Waals surface area (Å²) in [6, 6.07) is 0. The Bertz CT molecular complexity index is 189. The van der Waals surface area contributed by atoms with E-state index in [0.29, 0.717) is 5.54 Å². The van der Waals surface area contributed by atoms with Crippen LogP contribution in [0.5, 0.6) is 0 Å². The van der Waals surface area contributed by atoms with E-state index in [1.165, 1.54) is 58.0 Å². The number of likely N-dealkylation sites (tertiary alicyclic amines) is 1. The van der Waals surface area contributed by atoms with Gasteiger partial charge in [-0.3, -0.25) is 0 Å². The molecule has 1 saturated heterocycles. The van der Waals surface area contributed by atoms with E-state index in [0.717, 1.165) is 5.92 Å². The molecule has 2 nitrogen and oxygen atoms in total. The maximum absolute atomic E-state index is 3.64. The lowest BCUT2D eigenvalue weighted by Gasteiger charge is -2.42. The summed E-state index contributed by atoms with van der Waals surface area (Å²) in [5.74, 6) is 1.01. The molecule has 2 fully saturated rings. The molecule has 1 N–H and O–H groups in total. The average Bonchev–Trinajstić information content (AvgIpc) is 2.75. The Balaban J connectivity index is 1.89. The number of hydrogen-bond donors (Lipinski definition) is 1. The SMILES string of the molecule is CNC1(CC2CCCC2)CCN(C)CC1. The second kappa shape index (κ2) is 4.84. The highest BCUT2D eigenvalue weighted by atomic mass is 15.1. The fourth-order valence-electron chi connectivity index (χ4n) is 3.37. The van der Waals surface area contributed by atoms with Gasteiger partial charge in [-0.15, -0.1) is 0 Å². The van der Waals surface area contributed by atoms with E-state index in [9.17, 15) is 0 Å². The van der Waals surface area contributed by atoms with Gasteiger partial charge in [-0.1, -0.05) is 25.7 Å². The monoisotopic (exact) mass is 210 g/mol. The number of nitrogens with zero attached hydrogens (tertiary/aromatic N) is 1. The van der Waals surface area contributed by atoms with E-state index >= 15 is 0 Å². The van der Waals surface area contributed by atoms with Gasteiger partial charge in [0.15, 0.2) is 0 Å². The smallest absolute Gasteiger partial charge is 0.0205 e. The predicted molar refractivity (Wildman–Crippen MR) is 65.1 cm³/mol. The Morgan fingerprint density at radius 2 is 1.80 bits per heavy atom. The molecule has 1 aliphatic carbocycles. The highest BCUT2D eigenvalue weighted by Crippen LogP contribution is 2.36. The molecule has 88 valence electrons. The molecular formula is C13H26N2. The molecule has 0 radical (unpaired) electrons. The first-order valence-electron chi connectivity index (χ1n) is 6.62.